The van der Waals surface area contributed by atoms with Gasteiger partial charge in [0.1, 0.15) is 17.4 Å². The highest BCUT2D eigenvalue weighted by Gasteiger charge is 2.25. The summed E-state index contributed by atoms with van der Waals surface area (Å²) in [7, 11) is 0. The molecule has 0 saturated carbocycles. The van der Waals surface area contributed by atoms with E-state index in [1.165, 1.54) is 11.3 Å². The molecule has 1 heterocycles. The number of esters is 1. The number of carbonyl (C=O) groups excluding carboxylic acids is 3. The molecule has 8 heteroatoms. The van der Waals surface area contributed by atoms with Crippen LogP contribution >= 0.6 is 11.3 Å². The van der Waals surface area contributed by atoms with Crippen LogP contribution in [0.4, 0.5) is 5.00 Å². The number of fused-ring (bicyclic) bond motifs is 1. The first-order chi connectivity index (χ1) is 16.0. The van der Waals surface area contributed by atoms with Crippen molar-refractivity contribution >= 4 is 34.1 Å². The van der Waals surface area contributed by atoms with Gasteiger partial charge < -0.3 is 20.5 Å². The average Bonchev–Trinajstić information content (AvgIpc) is 3.20. The minimum absolute atomic E-state index is 0.185. The average molecular weight is 465 g/mol. The van der Waals surface area contributed by atoms with Crippen molar-refractivity contribution in [3.63, 3.8) is 0 Å². The molecule has 3 aromatic rings. The van der Waals surface area contributed by atoms with Gasteiger partial charge in [-0.2, -0.15) is 0 Å². The molecule has 2 aromatic carbocycles. The molecule has 0 aliphatic heterocycles. The second kappa shape index (κ2) is 10.3. The summed E-state index contributed by atoms with van der Waals surface area (Å²) in [5, 5.41) is 3.12. The Balaban J connectivity index is 1.38. The molecule has 0 unspecified atom stereocenters. The van der Waals surface area contributed by atoms with Crippen LogP contribution in [0.25, 0.3) is 0 Å². The number of anilines is 1. The van der Waals surface area contributed by atoms with Crippen molar-refractivity contribution in [2.45, 2.75) is 32.3 Å². The topological polar surface area (TPSA) is 108 Å². The molecule has 33 heavy (non-hydrogen) atoms. The van der Waals surface area contributed by atoms with Gasteiger partial charge in [-0.05, 0) is 49.4 Å². The second-order valence-electron chi connectivity index (χ2n) is 7.66. The van der Waals surface area contributed by atoms with Crippen LogP contribution in [0.5, 0.6) is 5.75 Å². The number of para-hydroxylation sites is 1. The summed E-state index contributed by atoms with van der Waals surface area (Å²) in [4.78, 5) is 38.2. The van der Waals surface area contributed by atoms with Gasteiger partial charge >= 0.3 is 5.97 Å². The molecule has 0 spiro atoms. The van der Waals surface area contributed by atoms with Crippen molar-refractivity contribution in [1.82, 2.24) is 0 Å². The predicted molar refractivity (Wildman–Crippen MR) is 126 cm³/mol. The molecule has 4 rings (SSSR count). The Bertz CT molecular complexity index is 1170. The van der Waals surface area contributed by atoms with Crippen LogP contribution in [0, 0.1) is 0 Å². The van der Waals surface area contributed by atoms with Crippen molar-refractivity contribution in [2.24, 2.45) is 5.73 Å². The number of rotatable bonds is 8. The smallest absolute Gasteiger partial charge is 0.339 e. The largest absolute Gasteiger partial charge is 0.489 e. The van der Waals surface area contributed by atoms with Gasteiger partial charge in [0.2, 0.25) is 0 Å². The SMILES string of the molecule is NC(=O)c1c(NC(=O)COC(=O)c2ccccc2COc2ccccc2)sc2c1CCCC2. The first kappa shape index (κ1) is 22.5. The predicted octanol–water partition coefficient (Wildman–Crippen LogP) is 4.10. The quantitative estimate of drug-likeness (QED) is 0.488. The molecule has 0 radical (unpaired) electrons. The fourth-order valence-electron chi connectivity index (χ4n) is 3.81. The van der Waals surface area contributed by atoms with E-state index in [2.05, 4.69) is 5.32 Å². The molecule has 1 aromatic heterocycles. The molecule has 0 fully saturated rings. The van der Waals surface area contributed by atoms with Crippen molar-refractivity contribution in [2.75, 3.05) is 11.9 Å². The van der Waals surface area contributed by atoms with E-state index in [-0.39, 0.29) is 6.61 Å². The van der Waals surface area contributed by atoms with Gasteiger partial charge in [0.05, 0.1) is 11.1 Å². The molecule has 1 aliphatic rings. The molecule has 7 nitrogen and oxygen atoms in total. The number of nitrogens with two attached hydrogens (primary N) is 1. The third-order valence-electron chi connectivity index (χ3n) is 5.38. The molecule has 170 valence electrons. The minimum atomic E-state index is -0.627. The van der Waals surface area contributed by atoms with Crippen LogP contribution in [0.2, 0.25) is 0 Å². The normalized spacial score (nSPS) is 12.5. The molecule has 1 aliphatic carbocycles. The fraction of sp³-hybridized carbons (Fsp3) is 0.240. The third kappa shape index (κ3) is 5.40. The minimum Gasteiger partial charge on any atom is -0.489 e. The van der Waals surface area contributed by atoms with E-state index in [9.17, 15) is 14.4 Å². The molecule has 3 N–H and O–H groups in total. The second-order valence-corrected chi connectivity index (χ2v) is 8.77. The maximum absolute atomic E-state index is 12.6. The lowest BCUT2D eigenvalue weighted by molar-refractivity contribution is -0.119. The van der Waals surface area contributed by atoms with E-state index in [1.54, 1.807) is 24.3 Å². The summed E-state index contributed by atoms with van der Waals surface area (Å²) in [5.74, 6) is -1.03. The van der Waals surface area contributed by atoms with Gasteiger partial charge in [-0.25, -0.2) is 4.79 Å². The monoisotopic (exact) mass is 464 g/mol. The Hall–Kier alpha value is -3.65. The highest BCUT2D eigenvalue weighted by atomic mass is 32.1. The highest BCUT2D eigenvalue weighted by Crippen LogP contribution is 2.37. The summed E-state index contributed by atoms with van der Waals surface area (Å²) >= 11 is 1.37. The molecule has 2 amide bonds. The lowest BCUT2D eigenvalue weighted by Crippen LogP contribution is -2.23. The summed E-state index contributed by atoms with van der Waals surface area (Å²) in [6.45, 7) is -0.294. The lowest BCUT2D eigenvalue weighted by Gasteiger charge is -2.12. The zero-order chi connectivity index (χ0) is 23.2. The Morgan fingerprint density at radius 2 is 1.70 bits per heavy atom. The number of nitrogens with one attached hydrogen (secondary N) is 1. The molecule has 0 saturated heterocycles. The zero-order valence-electron chi connectivity index (χ0n) is 18.0. The summed E-state index contributed by atoms with van der Waals surface area (Å²) < 4.78 is 11.0. The molecule has 0 atom stereocenters. The van der Waals surface area contributed by atoms with Crippen molar-refractivity contribution in [3.8, 4) is 5.75 Å². The molecule has 0 bridgehead atoms. The number of benzene rings is 2. The van der Waals surface area contributed by atoms with Gasteiger partial charge in [0.25, 0.3) is 11.8 Å². The number of primary amides is 1. The lowest BCUT2D eigenvalue weighted by atomic mass is 9.95. The van der Waals surface area contributed by atoms with Gasteiger partial charge in [-0.1, -0.05) is 36.4 Å². The van der Waals surface area contributed by atoms with Crippen molar-refractivity contribution in [1.29, 1.82) is 0 Å². The van der Waals surface area contributed by atoms with Gasteiger partial charge in [0.15, 0.2) is 6.61 Å². The highest BCUT2D eigenvalue weighted by molar-refractivity contribution is 7.17. The van der Waals surface area contributed by atoms with E-state index in [4.69, 9.17) is 15.2 Å². The standard InChI is InChI=1S/C25H24N2O5S/c26-23(29)22-19-12-6-7-13-20(19)33-24(22)27-21(28)15-32-25(30)18-11-5-4-8-16(18)14-31-17-9-2-1-3-10-17/h1-5,8-11H,6-7,12-15H2,(H2,26,29)(H,27,28). The Kier molecular flexibility index (Phi) is 7.04. The molecular formula is C25H24N2O5S. The fourth-order valence-corrected chi connectivity index (χ4v) is 5.12. The van der Waals surface area contributed by atoms with Crippen molar-refractivity contribution < 1.29 is 23.9 Å². The summed E-state index contributed by atoms with van der Waals surface area (Å²) in [5.41, 5.74) is 7.84. The first-order valence-corrected chi connectivity index (χ1v) is 11.5. The number of amides is 2. The maximum Gasteiger partial charge on any atom is 0.339 e. The number of carbonyl (C=O) groups is 3. The zero-order valence-corrected chi connectivity index (χ0v) is 18.8. The van der Waals surface area contributed by atoms with Crippen LogP contribution in [-0.2, 0) is 29.0 Å². The number of hydrogen-bond acceptors (Lipinski definition) is 6. The molecular weight excluding hydrogens is 440 g/mol. The van der Waals surface area contributed by atoms with Crippen LogP contribution in [0.15, 0.2) is 54.6 Å². The van der Waals surface area contributed by atoms with Crippen LogP contribution in [0.3, 0.4) is 0 Å². The first-order valence-electron chi connectivity index (χ1n) is 10.7. The van der Waals surface area contributed by atoms with E-state index >= 15 is 0 Å². The van der Waals surface area contributed by atoms with E-state index < -0.39 is 24.4 Å². The Labute approximate surface area is 195 Å². The summed E-state index contributed by atoms with van der Waals surface area (Å²) in [6.07, 6.45) is 3.68. The van der Waals surface area contributed by atoms with Crippen LogP contribution in [-0.4, -0.2) is 24.4 Å². The van der Waals surface area contributed by atoms with Crippen LogP contribution < -0.4 is 15.8 Å². The number of hydrogen-bond donors (Lipinski definition) is 2. The Morgan fingerprint density at radius 1 is 0.970 bits per heavy atom. The Morgan fingerprint density at radius 3 is 2.48 bits per heavy atom. The van der Waals surface area contributed by atoms with Gasteiger partial charge in [-0.3, -0.25) is 9.59 Å². The summed E-state index contributed by atoms with van der Waals surface area (Å²) in [6, 6.07) is 16.2. The number of aryl methyl sites for hydroxylation is 1. The number of ether oxygens (including phenoxy) is 2. The number of thiophene rings is 1. The van der Waals surface area contributed by atoms with E-state index in [0.29, 0.717) is 27.4 Å². The van der Waals surface area contributed by atoms with E-state index in [0.717, 1.165) is 36.1 Å². The van der Waals surface area contributed by atoms with Crippen LogP contribution in [0.1, 0.15) is 49.6 Å². The van der Waals surface area contributed by atoms with Crippen molar-refractivity contribution in [3.05, 3.63) is 81.7 Å². The van der Waals surface area contributed by atoms with Gasteiger partial charge in [0, 0.05) is 10.4 Å². The maximum atomic E-state index is 12.6. The third-order valence-corrected chi connectivity index (χ3v) is 6.59. The van der Waals surface area contributed by atoms with Gasteiger partial charge in [-0.15, -0.1) is 11.3 Å². The van der Waals surface area contributed by atoms with E-state index in [1.807, 2.05) is 30.3 Å².